The summed E-state index contributed by atoms with van der Waals surface area (Å²) in [6, 6.07) is 32.0. The third-order valence-electron chi connectivity index (χ3n) is 9.14. The lowest BCUT2D eigenvalue weighted by molar-refractivity contribution is -0.145. The van der Waals surface area contributed by atoms with E-state index in [4.69, 9.17) is 47.4 Å². The second-order valence-corrected chi connectivity index (χ2v) is 13.3. The van der Waals surface area contributed by atoms with E-state index in [0.717, 1.165) is 33.4 Å². The van der Waals surface area contributed by atoms with Crippen LogP contribution >= 0.6 is 23.2 Å². The molecule has 52 heavy (non-hydrogen) atoms. The molecule has 0 radical (unpaired) electrons. The van der Waals surface area contributed by atoms with Crippen LogP contribution in [0.15, 0.2) is 103 Å². The number of nitrogens with zero attached hydrogens (tertiary/aromatic N) is 1. The van der Waals surface area contributed by atoms with Gasteiger partial charge < -0.3 is 29.6 Å². The molecule has 2 N–H and O–H groups in total. The van der Waals surface area contributed by atoms with Gasteiger partial charge in [0.05, 0.1) is 34.8 Å². The Hall–Kier alpha value is -5.53. The molecule has 2 aliphatic heterocycles. The zero-order valence-corrected chi connectivity index (χ0v) is 29.5. The molecular formula is C41H33Cl2N3O6. The fourth-order valence-electron chi connectivity index (χ4n) is 6.28. The number of nitrogens with one attached hydrogen (secondary N) is 2. The Morgan fingerprint density at radius 3 is 2.46 bits per heavy atom. The second-order valence-electron chi connectivity index (χ2n) is 12.5. The molecule has 11 heteroatoms. The molecule has 0 saturated carbocycles. The van der Waals surface area contributed by atoms with Gasteiger partial charge in [-0.2, -0.15) is 5.26 Å². The van der Waals surface area contributed by atoms with Crippen LogP contribution in [0.5, 0.6) is 17.2 Å². The molecule has 5 aromatic carbocycles. The summed E-state index contributed by atoms with van der Waals surface area (Å²) in [6.07, 6.45) is 0.0832. The van der Waals surface area contributed by atoms with E-state index in [9.17, 15) is 9.59 Å². The first kappa shape index (κ1) is 34.9. The van der Waals surface area contributed by atoms with Crippen molar-refractivity contribution in [1.82, 2.24) is 10.6 Å². The van der Waals surface area contributed by atoms with Gasteiger partial charge >= 0.3 is 5.97 Å². The van der Waals surface area contributed by atoms with Crippen molar-refractivity contribution in [3.8, 4) is 34.4 Å². The predicted octanol–water partition coefficient (Wildman–Crippen LogP) is 7.67. The number of hydrogen-bond donors (Lipinski definition) is 2. The van der Waals surface area contributed by atoms with Crippen molar-refractivity contribution in [2.75, 3.05) is 13.7 Å². The topological polar surface area (TPSA) is 119 Å². The van der Waals surface area contributed by atoms with E-state index in [2.05, 4.69) is 16.7 Å². The van der Waals surface area contributed by atoms with Crippen LogP contribution in [0.4, 0.5) is 0 Å². The number of esters is 1. The Morgan fingerprint density at radius 2 is 1.71 bits per heavy atom. The van der Waals surface area contributed by atoms with Crippen molar-refractivity contribution < 1.29 is 28.5 Å². The van der Waals surface area contributed by atoms with Crippen LogP contribution in [-0.2, 0) is 33.9 Å². The molecule has 0 fully saturated rings. The molecule has 2 aliphatic rings. The molecule has 262 valence electrons. The van der Waals surface area contributed by atoms with E-state index in [1.807, 2.05) is 72.8 Å². The number of carbonyl (C=O) groups excluding carboxylic acids is 2. The lowest BCUT2D eigenvalue weighted by Gasteiger charge is -2.31. The van der Waals surface area contributed by atoms with Crippen LogP contribution in [0.25, 0.3) is 11.1 Å². The summed E-state index contributed by atoms with van der Waals surface area (Å²) in [6.45, 7) is 1.10. The lowest BCUT2D eigenvalue weighted by atomic mass is 9.93. The molecule has 2 heterocycles. The van der Waals surface area contributed by atoms with E-state index in [0.29, 0.717) is 64.6 Å². The number of carbonyl (C=O) groups is 2. The van der Waals surface area contributed by atoms with Crippen molar-refractivity contribution in [3.63, 3.8) is 0 Å². The molecule has 3 atom stereocenters. The number of nitriles is 1. The molecular weight excluding hydrogens is 701 g/mol. The maximum Gasteiger partial charge on any atom is 0.333 e. The lowest BCUT2D eigenvalue weighted by Crippen LogP contribution is -2.49. The van der Waals surface area contributed by atoms with E-state index >= 15 is 0 Å². The van der Waals surface area contributed by atoms with Gasteiger partial charge in [0.2, 0.25) is 5.91 Å². The minimum atomic E-state index is -1.01. The highest BCUT2D eigenvalue weighted by atomic mass is 35.5. The van der Waals surface area contributed by atoms with E-state index < -0.39 is 18.1 Å². The quantitative estimate of drug-likeness (QED) is 0.148. The highest BCUT2D eigenvalue weighted by molar-refractivity contribution is 6.42. The molecule has 0 saturated heterocycles. The zero-order chi connectivity index (χ0) is 36.2. The van der Waals surface area contributed by atoms with Crippen molar-refractivity contribution in [2.45, 2.75) is 37.8 Å². The standard InChI is InChI=1S/C41H33Cl2N3O6/c1-49-41(48)39(29-4-2-3-28(16-29)26-8-5-24(20-44)6-9-26)46-40(47)35-17-30-18-36-37(19-31(30)21-45-35)52-38(23-51-36)27-10-12-32(13-11-27)50-22-25-7-14-33(42)34(43)15-25/h2-16,18-19,35,38-39,45H,17,21-23H2,1H3,(H,46,47)/t35-,38?,39-/m0/s1. The number of fused-ring (bicyclic) bond motifs is 2. The zero-order valence-electron chi connectivity index (χ0n) is 28.0. The van der Waals surface area contributed by atoms with Crippen molar-refractivity contribution in [1.29, 1.82) is 5.26 Å². The molecule has 1 amide bonds. The maximum atomic E-state index is 13.6. The Labute approximate surface area is 311 Å². The smallest absolute Gasteiger partial charge is 0.333 e. The average molecular weight is 735 g/mol. The van der Waals surface area contributed by atoms with E-state index in [-0.39, 0.29) is 12.0 Å². The van der Waals surface area contributed by atoms with Crippen LogP contribution in [0.3, 0.4) is 0 Å². The maximum absolute atomic E-state index is 13.6. The van der Waals surface area contributed by atoms with Crippen LogP contribution in [0, 0.1) is 11.3 Å². The fraction of sp³-hybridized carbons (Fsp3) is 0.195. The molecule has 0 spiro atoms. The van der Waals surface area contributed by atoms with E-state index in [1.165, 1.54) is 7.11 Å². The third kappa shape index (κ3) is 7.70. The number of benzene rings is 5. The molecule has 9 nitrogen and oxygen atoms in total. The summed E-state index contributed by atoms with van der Waals surface area (Å²) in [5, 5.41) is 16.3. The number of amides is 1. The molecule has 0 aliphatic carbocycles. The van der Waals surface area contributed by atoms with Gasteiger partial charge in [0.1, 0.15) is 19.0 Å². The predicted molar refractivity (Wildman–Crippen MR) is 196 cm³/mol. The Kier molecular flexibility index (Phi) is 10.3. The first-order valence-electron chi connectivity index (χ1n) is 16.6. The average Bonchev–Trinajstić information content (AvgIpc) is 3.19. The SMILES string of the molecule is COC(=O)[C@@H](NC(=O)[C@@H]1Cc2cc3c(cc2CN1)OC(c1ccc(OCc2ccc(Cl)c(Cl)c2)cc1)CO3)c1cccc(-c2ccc(C#N)cc2)c1. The summed E-state index contributed by atoms with van der Waals surface area (Å²) in [4.78, 5) is 26.5. The summed E-state index contributed by atoms with van der Waals surface area (Å²) >= 11 is 12.1. The van der Waals surface area contributed by atoms with Crippen LogP contribution in [0.1, 0.15) is 45.5 Å². The van der Waals surface area contributed by atoms with Crippen molar-refractivity contribution in [2.24, 2.45) is 0 Å². The number of hydrogen-bond acceptors (Lipinski definition) is 8. The van der Waals surface area contributed by atoms with Gasteiger partial charge in [0.25, 0.3) is 0 Å². The monoisotopic (exact) mass is 733 g/mol. The summed E-state index contributed by atoms with van der Waals surface area (Å²) in [5.74, 6) is 1.04. The van der Waals surface area contributed by atoms with Crippen molar-refractivity contribution >= 4 is 35.1 Å². The number of methoxy groups -OCH3 is 1. The molecule has 0 aromatic heterocycles. The van der Waals surface area contributed by atoms with Gasteiger partial charge in [0.15, 0.2) is 23.6 Å². The first-order valence-corrected chi connectivity index (χ1v) is 17.4. The van der Waals surface area contributed by atoms with Crippen molar-refractivity contribution in [3.05, 3.63) is 147 Å². The normalized spacial score (nSPS) is 16.5. The van der Waals surface area contributed by atoms with Gasteiger partial charge in [-0.15, -0.1) is 0 Å². The van der Waals surface area contributed by atoms with E-state index in [1.54, 1.807) is 30.3 Å². The molecule has 1 unspecified atom stereocenters. The van der Waals surface area contributed by atoms with Gasteiger partial charge in [-0.05, 0) is 100.0 Å². The molecule has 5 aromatic rings. The van der Waals surface area contributed by atoms with Crippen LogP contribution in [-0.4, -0.2) is 31.6 Å². The Morgan fingerprint density at radius 1 is 0.923 bits per heavy atom. The highest BCUT2D eigenvalue weighted by Crippen LogP contribution is 2.40. The largest absolute Gasteiger partial charge is 0.489 e. The Balaban J connectivity index is 0.989. The minimum Gasteiger partial charge on any atom is -0.489 e. The fourth-order valence-corrected chi connectivity index (χ4v) is 6.60. The molecule has 0 bridgehead atoms. The van der Waals surface area contributed by atoms with Gasteiger partial charge in [-0.25, -0.2) is 4.79 Å². The van der Waals surface area contributed by atoms with Gasteiger partial charge in [-0.1, -0.05) is 71.7 Å². The number of rotatable bonds is 9. The second kappa shape index (κ2) is 15.4. The first-order chi connectivity index (χ1) is 25.3. The van der Waals surface area contributed by atoms with Crippen LogP contribution in [0.2, 0.25) is 10.0 Å². The number of halogens is 2. The highest BCUT2D eigenvalue weighted by Gasteiger charge is 2.32. The van der Waals surface area contributed by atoms with Crippen LogP contribution < -0.4 is 24.8 Å². The van der Waals surface area contributed by atoms with Gasteiger partial charge in [-0.3, -0.25) is 4.79 Å². The third-order valence-corrected chi connectivity index (χ3v) is 9.88. The summed E-state index contributed by atoms with van der Waals surface area (Å²) < 4.78 is 23.5. The summed E-state index contributed by atoms with van der Waals surface area (Å²) in [5.41, 5.74) is 6.67. The summed E-state index contributed by atoms with van der Waals surface area (Å²) in [7, 11) is 1.29. The minimum absolute atomic E-state index is 0.310. The van der Waals surface area contributed by atoms with Gasteiger partial charge in [0, 0.05) is 6.54 Å². The number of ether oxygens (including phenoxy) is 4. The molecule has 7 rings (SSSR count). The Bertz CT molecular complexity index is 2170.